The van der Waals surface area contributed by atoms with Crippen molar-refractivity contribution in [3.63, 3.8) is 0 Å². The molecule has 0 radical (unpaired) electrons. The first-order chi connectivity index (χ1) is 18.6. The number of imide groups is 2. The molecular weight excluding hydrogens is 532 g/mol. The van der Waals surface area contributed by atoms with Crippen molar-refractivity contribution >= 4 is 47.1 Å². The van der Waals surface area contributed by atoms with Gasteiger partial charge in [0.2, 0.25) is 0 Å². The Morgan fingerprint density at radius 3 is 1.50 bits per heavy atom. The molecule has 0 atom stereocenters. The maximum absolute atomic E-state index is 12.3. The van der Waals surface area contributed by atoms with E-state index in [1.54, 1.807) is 27.7 Å². The summed E-state index contributed by atoms with van der Waals surface area (Å²) < 4.78 is 11.5. The van der Waals surface area contributed by atoms with Crippen molar-refractivity contribution in [3.8, 4) is 0 Å². The zero-order chi connectivity index (χ0) is 30.1. The minimum absolute atomic E-state index is 0.00630. The predicted octanol–water partition coefficient (Wildman–Crippen LogP) is 1.27. The zero-order valence-corrected chi connectivity index (χ0v) is 23.3. The average Bonchev–Trinajstić information content (AvgIpc) is 3.34. The molecule has 2 aliphatic heterocycles. The number of hydrogen-bond donors (Lipinski definition) is 0. The minimum Gasteiger partial charge on any atom is -0.375 e. The maximum Gasteiger partial charge on any atom is 0.333 e. The molecule has 0 spiro atoms. The van der Waals surface area contributed by atoms with Gasteiger partial charge in [0.05, 0.1) is 30.7 Å². The van der Waals surface area contributed by atoms with Crippen molar-refractivity contribution in [3.05, 3.63) is 0 Å². The second-order valence-corrected chi connectivity index (χ2v) is 10.8. The zero-order valence-electron chi connectivity index (χ0n) is 23.3. The van der Waals surface area contributed by atoms with Crippen molar-refractivity contribution in [1.82, 2.24) is 10.1 Å². The van der Waals surface area contributed by atoms with Crippen LogP contribution in [0.2, 0.25) is 0 Å². The number of Topliss-reactive ketones (excluding diaryl/α,β-unsaturated/α-hetero) is 2. The van der Waals surface area contributed by atoms with E-state index in [4.69, 9.17) is 19.1 Å². The van der Waals surface area contributed by atoms with Gasteiger partial charge in [0.15, 0.2) is 5.78 Å². The molecule has 0 aromatic carbocycles. The van der Waals surface area contributed by atoms with Crippen LogP contribution >= 0.6 is 0 Å². The number of hydroxylamine groups is 4. The van der Waals surface area contributed by atoms with Gasteiger partial charge in [-0.15, -0.1) is 10.1 Å². The summed E-state index contributed by atoms with van der Waals surface area (Å²) in [6, 6.07) is 0. The van der Waals surface area contributed by atoms with Gasteiger partial charge in [0, 0.05) is 44.9 Å². The Labute approximate surface area is 231 Å². The molecule has 4 amide bonds. The highest BCUT2D eigenvalue weighted by molar-refractivity contribution is 6.02. The van der Waals surface area contributed by atoms with Crippen LogP contribution < -0.4 is 0 Å². The van der Waals surface area contributed by atoms with Gasteiger partial charge in [0.1, 0.15) is 12.4 Å². The molecule has 2 heterocycles. The SMILES string of the molecule is CC(C)(CCOC(C)(C)CC(=O)CCC(=O)ON1C(=O)CCC1=O)OCC(=O)CCC(=O)ON1C(=O)CCC1=O. The summed E-state index contributed by atoms with van der Waals surface area (Å²) in [6.07, 6.45) is -0.606. The molecule has 40 heavy (non-hydrogen) atoms. The molecule has 2 rings (SSSR count). The van der Waals surface area contributed by atoms with Gasteiger partial charge < -0.3 is 19.1 Å². The van der Waals surface area contributed by atoms with E-state index in [9.17, 15) is 38.4 Å². The number of rotatable bonds is 17. The second kappa shape index (κ2) is 14.2. The van der Waals surface area contributed by atoms with Gasteiger partial charge in [0.25, 0.3) is 23.6 Å². The smallest absolute Gasteiger partial charge is 0.333 e. The Morgan fingerprint density at radius 1 is 0.625 bits per heavy atom. The third-order valence-corrected chi connectivity index (χ3v) is 6.06. The first-order valence-corrected chi connectivity index (χ1v) is 13.0. The number of nitrogens with zero attached hydrogens (tertiary/aromatic N) is 2. The molecule has 0 N–H and O–H groups in total. The van der Waals surface area contributed by atoms with E-state index in [0.29, 0.717) is 16.5 Å². The minimum atomic E-state index is -0.866. The summed E-state index contributed by atoms with van der Waals surface area (Å²) in [6.45, 7) is 6.86. The number of ketones is 2. The van der Waals surface area contributed by atoms with Gasteiger partial charge in [-0.05, 0) is 34.1 Å². The third-order valence-electron chi connectivity index (χ3n) is 6.06. The van der Waals surface area contributed by atoms with Crippen molar-refractivity contribution in [2.24, 2.45) is 0 Å². The molecule has 0 bridgehead atoms. The number of amides is 4. The number of carbonyl (C=O) groups is 8. The fraction of sp³-hybridized carbons (Fsp3) is 0.692. The lowest BCUT2D eigenvalue weighted by Crippen LogP contribution is -2.34. The Morgan fingerprint density at radius 2 is 1.05 bits per heavy atom. The largest absolute Gasteiger partial charge is 0.375 e. The van der Waals surface area contributed by atoms with Crippen molar-refractivity contribution in [2.45, 2.75) is 103 Å². The monoisotopic (exact) mass is 568 g/mol. The van der Waals surface area contributed by atoms with Gasteiger partial charge in [-0.25, -0.2) is 9.59 Å². The van der Waals surface area contributed by atoms with Crippen LogP contribution in [0.25, 0.3) is 0 Å². The highest BCUT2D eigenvalue weighted by atomic mass is 16.7. The van der Waals surface area contributed by atoms with E-state index in [1.165, 1.54) is 0 Å². The van der Waals surface area contributed by atoms with Crippen LogP contribution in [0.15, 0.2) is 0 Å². The first-order valence-electron chi connectivity index (χ1n) is 13.0. The highest BCUT2D eigenvalue weighted by Gasteiger charge is 2.34. The topological polar surface area (TPSA) is 180 Å². The molecule has 0 aromatic heterocycles. The van der Waals surface area contributed by atoms with Gasteiger partial charge in [-0.2, -0.15) is 0 Å². The van der Waals surface area contributed by atoms with Crippen LogP contribution in [0, 0.1) is 0 Å². The summed E-state index contributed by atoms with van der Waals surface area (Å²) in [4.78, 5) is 104. The molecule has 2 fully saturated rings. The molecular formula is C26H36N2O12. The van der Waals surface area contributed by atoms with E-state index in [0.717, 1.165) is 0 Å². The first kappa shape index (κ1) is 32.7. The summed E-state index contributed by atoms with van der Waals surface area (Å²) in [7, 11) is 0. The number of carbonyl (C=O) groups excluding carboxylic acids is 8. The fourth-order valence-corrected chi connectivity index (χ4v) is 3.70. The lowest BCUT2D eigenvalue weighted by molar-refractivity contribution is -0.197. The molecule has 2 saturated heterocycles. The van der Waals surface area contributed by atoms with Crippen LogP contribution in [-0.4, -0.2) is 81.7 Å². The van der Waals surface area contributed by atoms with Gasteiger partial charge in [-0.3, -0.25) is 28.8 Å². The van der Waals surface area contributed by atoms with Crippen LogP contribution in [-0.2, 0) is 57.5 Å². The van der Waals surface area contributed by atoms with E-state index in [-0.39, 0.29) is 82.6 Å². The average molecular weight is 569 g/mol. The Balaban J connectivity index is 1.62. The number of ether oxygens (including phenoxy) is 2. The molecule has 14 heteroatoms. The predicted molar refractivity (Wildman–Crippen MR) is 132 cm³/mol. The molecule has 222 valence electrons. The molecule has 14 nitrogen and oxygen atoms in total. The molecule has 0 unspecified atom stereocenters. The van der Waals surface area contributed by atoms with Crippen LogP contribution in [0.4, 0.5) is 0 Å². The standard InChI is InChI=1S/C26H36N2O12/c1-25(2,38-16-18(30)6-12-24(36)40-28-21(33)9-10-22(28)34)13-14-37-26(3,4)15-17(29)5-11-23(35)39-27-19(31)7-8-20(27)32/h5-16H2,1-4H3. The quantitative estimate of drug-likeness (QED) is 0.230. The lowest BCUT2D eigenvalue weighted by atomic mass is 9.98. The molecule has 0 aromatic rings. The van der Waals surface area contributed by atoms with Crippen LogP contribution in [0.5, 0.6) is 0 Å². The fourth-order valence-electron chi connectivity index (χ4n) is 3.70. The Hall–Kier alpha value is -3.52. The molecule has 0 aliphatic carbocycles. The van der Waals surface area contributed by atoms with Crippen LogP contribution in [0.3, 0.4) is 0 Å². The van der Waals surface area contributed by atoms with E-state index < -0.39 is 46.8 Å². The number of hydrogen-bond acceptors (Lipinski definition) is 12. The lowest BCUT2D eigenvalue weighted by Gasteiger charge is -2.29. The maximum atomic E-state index is 12.3. The Kier molecular flexibility index (Phi) is 11.6. The van der Waals surface area contributed by atoms with Gasteiger partial charge >= 0.3 is 11.9 Å². The van der Waals surface area contributed by atoms with Gasteiger partial charge in [-0.1, -0.05) is 0 Å². The van der Waals surface area contributed by atoms with Crippen molar-refractivity contribution in [1.29, 1.82) is 0 Å². The summed E-state index contributed by atoms with van der Waals surface area (Å²) in [5, 5.41) is 0.866. The normalized spacial score (nSPS) is 16.1. The summed E-state index contributed by atoms with van der Waals surface area (Å²) in [5.41, 5.74) is -1.62. The summed E-state index contributed by atoms with van der Waals surface area (Å²) >= 11 is 0. The van der Waals surface area contributed by atoms with Crippen LogP contribution in [0.1, 0.15) is 91.9 Å². The van der Waals surface area contributed by atoms with E-state index >= 15 is 0 Å². The van der Waals surface area contributed by atoms with Crippen molar-refractivity contribution in [2.75, 3.05) is 13.2 Å². The summed E-state index contributed by atoms with van der Waals surface area (Å²) in [5.74, 6) is -4.73. The molecule has 0 saturated carbocycles. The van der Waals surface area contributed by atoms with E-state index in [2.05, 4.69) is 0 Å². The highest BCUT2D eigenvalue weighted by Crippen LogP contribution is 2.21. The van der Waals surface area contributed by atoms with E-state index in [1.807, 2.05) is 0 Å². The van der Waals surface area contributed by atoms with Crippen molar-refractivity contribution < 1.29 is 57.5 Å². The Bertz CT molecular complexity index is 1020. The second-order valence-electron chi connectivity index (χ2n) is 10.8. The molecule has 2 aliphatic rings. The third kappa shape index (κ3) is 10.9.